The molecule has 10 heteroatoms. The fraction of sp³-hybridized carbons (Fsp3) is 0.588. The lowest BCUT2D eigenvalue weighted by atomic mass is 9.77. The standard InChI is InChI=1S/C34H48N2O8/c1-3-4-5-6-7-8-9-10-11-12-29(39)36(20-23-13-16-43-22-23)27-19-26(34(41)35-14-15-37)30-25-17-24(21-38)18-28(42-2)32(25)44-33(30)31(27)40/h13,16-19,22,27,30-31,33,37-38,40H,3-12,14-15,20-21H2,1-2H3,(H,35,41)/t27-,30+,31+,33+/m1/s1. The number of hydrogen-bond acceptors (Lipinski definition) is 8. The maximum Gasteiger partial charge on any atom is 0.247 e. The molecule has 0 bridgehead atoms. The van der Waals surface area contributed by atoms with E-state index in [1.807, 2.05) is 0 Å². The first-order chi connectivity index (χ1) is 21.4. The van der Waals surface area contributed by atoms with Crippen LogP contribution >= 0.6 is 0 Å². The summed E-state index contributed by atoms with van der Waals surface area (Å²) in [5, 5.41) is 33.8. The second-order valence-corrected chi connectivity index (χ2v) is 11.7. The highest BCUT2D eigenvalue weighted by Crippen LogP contribution is 2.51. The topological polar surface area (TPSA) is 142 Å². The molecule has 0 fully saturated rings. The number of methoxy groups -OCH3 is 1. The fourth-order valence-electron chi connectivity index (χ4n) is 6.29. The number of ether oxygens (including phenoxy) is 2. The van der Waals surface area contributed by atoms with E-state index < -0.39 is 30.1 Å². The number of amides is 2. The smallest absolute Gasteiger partial charge is 0.247 e. The van der Waals surface area contributed by atoms with Crippen LogP contribution in [0.4, 0.5) is 0 Å². The summed E-state index contributed by atoms with van der Waals surface area (Å²) in [7, 11) is 1.49. The number of hydrogen-bond donors (Lipinski definition) is 4. The highest BCUT2D eigenvalue weighted by Gasteiger charge is 2.51. The van der Waals surface area contributed by atoms with Gasteiger partial charge in [-0.25, -0.2) is 0 Å². The minimum atomic E-state index is -1.16. The molecular formula is C34H48N2O8. The zero-order chi connectivity index (χ0) is 31.5. The van der Waals surface area contributed by atoms with Crippen LogP contribution in [0.25, 0.3) is 0 Å². The van der Waals surface area contributed by atoms with Gasteiger partial charge in [-0.1, -0.05) is 58.3 Å². The fourth-order valence-corrected chi connectivity index (χ4v) is 6.29. The number of benzene rings is 1. The number of aliphatic hydroxyl groups is 3. The molecule has 4 rings (SSSR count). The Morgan fingerprint density at radius 3 is 2.39 bits per heavy atom. The lowest BCUT2D eigenvalue weighted by Gasteiger charge is -2.40. The van der Waals surface area contributed by atoms with Crippen molar-refractivity contribution in [1.82, 2.24) is 10.2 Å². The summed E-state index contributed by atoms with van der Waals surface area (Å²) < 4.78 is 17.1. The predicted molar refractivity (Wildman–Crippen MR) is 165 cm³/mol. The Hall–Kier alpha value is -3.34. The van der Waals surface area contributed by atoms with Gasteiger partial charge in [-0.3, -0.25) is 9.59 Å². The first kappa shape index (κ1) is 33.6. The number of fused-ring (bicyclic) bond motifs is 3. The number of carbonyl (C=O) groups is 2. The summed E-state index contributed by atoms with van der Waals surface area (Å²) in [6.45, 7) is 1.97. The number of aliphatic hydroxyl groups excluding tert-OH is 3. The van der Waals surface area contributed by atoms with E-state index in [-0.39, 0.29) is 32.2 Å². The highest BCUT2D eigenvalue weighted by atomic mass is 16.5. The minimum absolute atomic E-state index is 0.0464. The molecule has 2 amide bonds. The van der Waals surface area contributed by atoms with Crippen molar-refractivity contribution in [3.8, 4) is 11.5 Å². The molecule has 0 saturated heterocycles. The largest absolute Gasteiger partial charge is 0.493 e. The molecule has 0 radical (unpaired) electrons. The van der Waals surface area contributed by atoms with E-state index in [1.165, 1.54) is 45.5 Å². The van der Waals surface area contributed by atoms with Crippen molar-refractivity contribution in [1.29, 1.82) is 0 Å². The number of unbranched alkanes of at least 4 members (excludes halogenated alkanes) is 8. The molecule has 2 aliphatic rings. The van der Waals surface area contributed by atoms with Crippen LogP contribution in [0, 0.1) is 0 Å². The van der Waals surface area contributed by atoms with E-state index in [2.05, 4.69) is 12.2 Å². The summed E-state index contributed by atoms with van der Waals surface area (Å²) >= 11 is 0. The Morgan fingerprint density at radius 1 is 1.02 bits per heavy atom. The van der Waals surface area contributed by atoms with Gasteiger partial charge in [-0.05, 0) is 36.3 Å². The summed E-state index contributed by atoms with van der Waals surface area (Å²) in [4.78, 5) is 28.9. The maximum atomic E-state index is 13.8. The maximum absolute atomic E-state index is 13.8. The molecule has 2 heterocycles. The number of rotatable bonds is 18. The monoisotopic (exact) mass is 612 g/mol. The van der Waals surface area contributed by atoms with Gasteiger partial charge in [-0.2, -0.15) is 0 Å². The molecule has 0 spiro atoms. The predicted octanol–water partition coefficient (Wildman–Crippen LogP) is 4.35. The average molecular weight is 613 g/mol. The molecule has 4 N–H and O–H groups in total. The summed E-state index contributed by atoms with van der Waals surface area (Å²) in [6, 6.07) is 4.33. The summed E-state index contributed by atoms with van der Waals surface area (Å²) in [6.07, 6.45) is 13.2. The van der Waals surface area contributed by atoms with Gasteiger partial charge in [0.1, 0.15) is 12.2 Å². The SMILES string of the molecule is CCCCCCCCCCCC(=O)N(Cc1ccoc1)[C@@H]1C=C(C(=O)NCCO)[C@@H]2c3cc(CO)cc(OC)c3O[C@@H]2[C@H]1O. The molecule has 10 nitrogen and oxygen atoms in total. The second kappa shape index (κ2) is 16.7. The number of nitrogens with one attached hydrogen (secondary N) is 1. The van der Waals surface area contributed by atoms with Crippen LogP contribution in [0.15, 0.2) is 46.8 Å². The number of furan rings is 1. The van der Waals surface area contributed by atoms with Gasteiger partial charge < -0.3 is 39.4 Å². The molecule has 1 aromatic carbocycles. The molecule has 1 aliphatic carbocycles. The molecule has 2 aromatic rings. The second-order valence-electron chi connectivity index (χ2n) is 11.7. The molecule has 1 aliphatic heterocycles. The molecule has 0 saturated carbocycles. The molecule has 0 unspecified atom stereocenters. The molecule has 242 valence electrons. The van der Waals surface area contributed by atoms with Gasteiger partial charge in [-0.15, -0.1) is 0 Å². The lowest BCUT2D eigenvalue weighted by molar-refractivity contribution is -0.138. The zero-order valence-electron chi connectivity index (χ0n) is 26.0. The van der Waals surface area contributed by atoms with E-state index >= 15 is 0 Å². The Bertz CT molecular complexity index is 1240. The Kier molecular flexibility index (Phi) is 12.7. The number of carbonyl (C=O) groups excluding carboxylic acids is 2. The van der Waals surface area contributed by atoms with Crippen molar-refractivity contribution in [2.75, 3.05) is 20.3 Å². The summed E-state index contributed by atoms with van der Waals surface area (Å²) in [5.74, 6) is -0.443. The third kappa shape index (κ3) is 8.02. The Morgan fingerprint density at radius 2 is 1.75 bits per heavy atom. The van der Waals surface area contributed by atoms with Gasteiger partial charge in [0.05, 0.1) is 44.8 Å². The normalized spacial score (nSPS) is 20.3. The first-order valence-electron chi connectivity index (χ1n) is 16.0. The van der Waals surface area contributed by atoms with Crippen molar-refractivity contribution in [2.45, 2.75) is 108 Å². The van der Waals surface area contributed by atoms with E-state index in [0.717, 1.165) is 31.2 Å². The Balaban J connectivity index is 1.58. The summed E-state index contributed by atoms with van der Waals surface area (Å²) in [5.41, 5.74) is 2.28. The van der Waals surface area contributed by atoms with Crippen molar-refractivity contribution < 1.29 is 38.8 Å². The Labute approximate surface area is 260 Å². The van der Waals surface area contributed by atoms with Crippen LogP contribution in [0.5, 0.6) is 11.5 Å². The van der Waals surface area contributed by atoms with Gasteiger partial charge in [0.25, 0.3) is 0 Å². The van der Waals surface area contributed by atoms with Gasteiger partial charge in [0.2, 0.25) is 11.8 Å². The zero-order valence-corrected chi connectivity index (χ0v) is 26.0. The first-order valence-corrected chi connectivity index (χ1v) is 16.0. The van der Waals surface area contributed by atoms with Crippen molar-refractivity contribution in [2.24, 2.45) is 0 Å². The average Bonchev–Trinajstić information content (AvgIpc) is 3.70. The van der Waals surface area contributed by atoms with Crippen LogP contribution < -0.4 is 14.8 Å². The van der Waals surface area contributed by atoms with Gasteiger partial charge in [0.15, 0.2) is 11.5 Å². The molecular weight excluding hydrogens is 564 g/mol. The van der Waals surface area contributed by atoms with Crippen LogP contribution in [-0.4, -0.2) is 70.5 Å². The molecule has 4 atom stereocenters. The van der Waals surface area contributed by atoms with Crippen LogP contribution in [0.1, 0.15) is 93.7 Å². The third-order valence-corrected chi connectivity index (χ3v) is 8.60. The van der Waals surface area contributed by atoms with E-state index in [0.29, 0.717) is 34.6 Å². The van der Waals surface area contributed by atoms with Crippen LogP contribution in [-0.2, 0) is 22.7 Å². The van der Waals surface area contributed by atoms with Crippen LogP contribution in [0.2, 0.25) is 0 Å². The minimum Gasteiger partial charge on any atom is -0.493 e. The van der Waals surface area contributed by atoms with Crippen LogP contribution in [0.3, 0.4) is 0 Å². The molecule has 44 heavy (non-hydrogen) atoms. The van der Waals surface area contributed by atoms with Gasteiger partial charge >= 0.3 is 0 Å². The lowest BCUT2D eigenvalue weighted by Crippen LogP contribution is -2.55. The number of nitrogens with zero attached hydrogens (tertiary/aromatic N) is 1. The highest BCUT2D eigenvalue weighted by molar-refractivity contribution is 5.96. The van der Waals surface area contributed by atoms with Crippen molar-refractivity contribution in [3.05, 3.63) is 59.1 Å². The van der Waals surface area contributed by atoms with E-state index in [1.54, 1.807) is 35.4 Å². The molecule has 1 aromatic heterocycles. The quantitative estimate of drug-likeness (QED) is 0.182. The van der Waals surface area contributed by atoms with Gasteiger partial charge in [0, 0.05) is 36.2 Å². The van der Waals surface area contributed by atoms with Crippen molar-refractivity contribution >= 4 is 11.8 Å². The third-order valence-electron chi connectivity index (χ3n) is 8.60. The van der Waals surface area contributed by atoms with E-state index in [9.17, 15) is 24.9 Å². The van der Waals surface area contributed by atoms with Crippen molar-refractivity contribution in [3.63, 3.8) is 0 Å². The van der Waals surface area contributed by atoms with E-state index in [4.69, 9.17) is 13.9 Å².